The van der Waals surface area contributed by atoms with Crippen LogP contribution in [0.1, 0.15) is 22.9 Å². The molecule has 158 valence electrons. The summed E-state index contributed by atoms with van der Waals surface area (Å²) in [6, 6.07) is 26.3. The zero-order valence-electron chi connectivity index (χ0n) is 17.4. The highest BCUT2D eigenvalue weighted by atomic mass is 16.5. The average molecular weight is 424 g/mol. The van der Waals surface area contributed by atoms with Gasteiger partial charge < -0.3 is 4.74 Å². The van der Waals surface area contributed by atoms with E-state index in [1.807, 2.05) is 78.9 Å². The van der Waals surface area contributed by atoms with E-state index in [2.05, 4.69) is 10.2 Å². The summed E-state index contributed by atoms with van der Waals surface area (Å²) in [5.41, 5.74) is 2.21. The predicted molar refractivity (Wildman–Crippen MR) is 120 cm³/mol. The van der Waals surface area contributed by atoms with Crippen molar-refractivity contribution in [2.45, 2.75) is 12.5 Å². The van der Waals surface area contributed by atoms with Gasteiger partial charge in [0.1, 0.15) is 5.92 Å². The van der Waals surface area contributed by atoms with E-state index in [4.69, 9.17) is 4.74 Å². The molecule has 0 bridgehead atoms. The molecule has 2 aromatic heterocycles. The summed E-state index contributed by atoms with van der Waals surface area (Å²) in [7, 11) is 1.65. The number of carbonyl (C=O) groups excluding carboxylic acids is 1. The predicted octanol–water partition coefficient (Wildman–Crippen LogP) is 3.46. The van der Waals surface area contributed by atoms with Crippen LogP contribution in [0.25, 0.3) is 16.7 Å². The van der Waals surface area contributed by atoms with Gasteiger partial charge in [0.05, 0.1) is 10.9 Å². The summed E-state index contributed by atoms with van der Waals surface area (Å²) in [4.78, 5) is 25.8. The van der Waals surface area contributed by atoms with Crippen LogP contribution in [-0.4, -0.2) is 25.1 Å². The molecule has 7 heteroatoms. The number of hydrogen-bond donors (Lipinski definition) is 0. The van der Waals surface area contributed by atoms with Gasteiger partial charge in [0, 0.05) is 7.05 Å². The number of nitrogens with zero attached hydrogens (tertiary/aromatic N) is 4. The molecule has 0 aliphatic carbocycles. The minimum atomic E-state index is -0.558. The van der Waals surface area contributed by atoms with Crippen molar-refractivity contribution in [1.29, 1.82) is 0 Å². The number of rotatable bonds is 5. The smallest absolute Gasteiger partial charge is 0.318 e. The molecule has 0 atom stereocenters. The molecule has 0 radical (unpaired) electrons. The number of ether oxygens (including phenoxy) is 1. The second-order valence-electron chi connectivity index (χ2n) is 7.50. The maximum Gasteiger partial charge on any atom is 0.318 e. The minimum Gasteiger partial charge on any atom is -0.457 e. The van der Waals surface area contributed by atoms with E-state index in [0.29, 0.717) is 22.5 Å². The first-order chi connectivity index (χ1) is 15.6. The topological polar surface area (TPSA) is 78.5 Å². The number of fused-ring (bicyclic) bond motifs is 3. The van der Waals surface area contributed by atoms with E-state index in [9.17, 15) is 9.59 Å². The average Bonchev–Trinajstić information content (AvgIpc) is 3.27. The third kappa shape index (κ3) is 3.33. The number of carbonyl (C=O) groups is 1. The van der Waals surface area contributed by atoms with Gasteiger partial charge in [0.15, 0.2) is 12.4 Å². The van der Waals surface area contributed by atoms with E-state index in [0.717, 1.165) is 11.1 Å². The summed E-state index contributed by atoms with van der Waals surface area (Å²) in [6.45, 7) is -0.0711. The SMILES string of the molecule is Cn1c(=O)c2ccccc2n2c(COC(=O)C(c3ccccc3)c3ccccc3)nnc12. The van der Waals surface area contributed by atoms with Crippen LogP contribution in [-0.2, 0) is 23.2 Å². The Morgan fingerprint density at radius 3 is 2.12 bits per heavy atom. The Bertz CT molecular complexity index is 1430. The second-order valence-corrected chi connectivity index (χ2v) is 7.50. The van der Waals surface area contributed by atoms with Crippen LogP contribution in [0.2, 0.25) is 0 Å². The van der Waals surface area contributed by atoms with E-state index >= 15 is 0 Å². The highest BCUT2D eigenvalue weighted by Gasteiger charge is 2.25. The zero-order chi connectivity index (χ0) is 22.1. The summed E-state index contributed by atoms with van der Waals surface area (Å²) in [5.74, 6) is -0.103. The number of benzene rings is 3. The molecule has 0 fully saturated rings. The van der Waals surface area contributed by atoms with Crippen LogP contribution in [0, 0.1) is 0 Å². The zero-order valence-corrected chi connectivity index (χ0v) is 17.4. The molecule has 7 nitrogen and oxygen atoms in total. The Hall–Kier alpha value is -4.26. The maximum atomic E-state index is 13.2. The van der Waals surface area contributed by atoms with E-state index in [1.165, 1.54) is 4.57 Å². The molecule has 0 amide bonds. The Labute approximate surface area is 183 Å². The fraction of sp³-hybridized carbons (Fsp3) is 0.120. The van der Waals surface area contributed by atoms with Gasteiger partial charge in [0.25, 0.3) is 5.56 Å². The molecule has 32 heavy (non-hydrogen) atoms. The number of hydrogen-bond acceptors (Lipinski definition) is 5. The first kappa shape index (κ1) is 19.7. The van der Waals surface area contributed by atoms with Gasteiger partial charge in [-0.3, -0.25) is 18.6 Å². The van der Waals surface area contributed by atoms with Crippen molar-refractivity contribution in [3.63, 3.8) is 0 Å². The van der Waals surface area contributed by atoms with Crippen molar-refractivity contribution in [1.82, 2.24) is 19.2 Å². The lowest BCUT2D eigenvalue weighted by molar-refractivity contribution is -0.146. The lowest BCUT2D eigenvalue weighted by Gasteiger charge is -2.17. The van der Waals surface area contributed by atoms with Crippen molar-refractivity contribution in [2.75, 3.05) is 0 Å². The molecule has 0 aliphatic rings. The van der Waals surface area contributed by atoms with Crippen LogP contribution in [0.15, 0.2) is 89.7 Å². The molecule has 0 saturated carbocycles. The summed E-state index contributed by atoms with van der Waals surface area (Å²) in [6.07, 6.45) is 0. The Kier molecular flexibility index (Phi) is 4.99. The summed E-state index contributed by atoms with van der Waals surface area (Å²) < 4.78 is 8.93. The van der Waals surface area contributed by atoms with Crippen molar-refractivity contribution in [2.24, 2.45) is 7.05 Å². The van der Waals surface area contributed by atoms with Gasteiger partial charge in [0.2, 0.25) is 5.78 Å². The molecule has 0 saturated heterocycles. The molecule has 2 heterocycles. The van der Waals surface area contributed by atoms with E-state index in [-0.39, 0.29) is 18.1 Å². The number of esters is 1. The van der Waals surface area contributed by atoms with E-state index < -0.39 is 5.92 Å². The fourth-order valence-corrected chi connectivity index (χ4v) is 3.96. The first-order valence-corrected chi connectivity index (χ1v) is 10.2. The number of para-hydroxylation sites is 1. The fourth-order valence-electron chi connectivity index (χ4n) is 3.96. The molecular formula is C25H20N4O3. The van der Waals surface area contributed by atoms with Gasteiger partial charge >= 0.3 is 5.97 Å². The number of aryl methyl sites for hydroxylation is 1. The number of aromatic nitrogens is 4. The normalized spacial score (nSPS) is 11.3. The van der Waals surface area contributed by atoms with Gasteiger partial charge in [-0.05, 0) is 23.3 Å². The van der Waals surface area contributed by atoms with Gasteiger partial charge in [-0.15, -0.1) is 10.2 Å². The van der Waals surface area contributed by atoms with Gasteiger partial charge in [-0.2, -0.15) is 0 Å². The molecule has 0 unspecified atom stereocenters. The first-order valence-electron chi connectivity index (χ1n) is 10.2. The molecule has 0 aliphatic heterocycles. The van der Waals surface area contributed by atoms with Crippen molar-refractivity contribution >= 4 is 22.6 Å². The van der Waals surface area contributed by atoms with Crippen LogP contribution in [0.4, 0.5) is 0 Å². The van der Waals surface area contributed by atoms with Crippen LogP contribution in [0.5, 0.6) is 0 Å². The largest absolute Gasteiger partial charge is 0.457 e. The van der Waals surface area contributed by atoms with Crippen molar-refractivity contribution < 1.29 is 9.53 Å². The van der Waals surface area contributed by atoms with Crippen LogP contribution < -0.4 is 5.56 Å². The van der Waals surface area contributed by atoms with Gasteiger partial charge in [-0.1, -0.05) is 72.8 Å². The van der Waals surface area contributed by atoms with Crippen LogP contribution >= 0.6 is 0 Å². The van der Waals surface area contributed by atoms with Crippen LogP contribution in [0.3, 0.4) is 0 Å². The Balaban J connectivity index is 1.51. The van der Waals surface area contributed by atoms with E-state index in [1.54, 1.807) is 17.5 Å². The van der Waals surface area contributed by atoms with Crippen molar-refractivity contribution in [3.8, 4) is 0 Å². The highest BCUT2D eigenvalue weighted by Crippen LogP contribution is 2.26. The monoisotopic (exact) mass is 424 g/mol. The highest BCUT2D eigenvalue weighted by molar-refractivity contribution is 5.82. The molecule has 0 spiro atoms. The lowest BCUT2D eigenvalue weighted by atomic mass is 9.91. The molecular weight excluding hydrogens is 404 g/mol. The molecule has 3 aromatic carbocycles. The van der Waals surface area contributed by atoms with Crippen molar-refractivity contribution in [3.05, 3.63) is 112 Å². The molecule has 0 N–H and O–H groups in total. The standard InChI is InChI=1S/C25H20N4O3/c1-28-23(30)19-14-8-9-15-20(19)29-21(26-27-25(28)29)16-32-24(31)22(17-10-4-2-5-11-17)18-12-6-3-7-13-18/h2-15,22H,16H2,1H3. The van der Waals surface area contributed by atoms with Gasteiger partial charge in [-0.25, -0.2) is 0 Å². The maximum absolute atomic E-state index is 13.2. The summed E-state index contributed by atoms with van der Waals surface area (Å²) in [5, 5.41) is 8.90. The quantitative estimate of drug-likeness (QED) is 0.404. The summed E-state index contributed by atoms with van der Waals surface area (Å²) >= 11 is 0. The third-order valence-electron chi connectivity index (χ3n) is 5.54. The molecule has 5 rings (SSSR count). The lowest BCUT2D eigenvalue weighted by Crippen LogP contribution is -2.21. The second kappa shape index (κ2) is 8.11. The Morgan fingerprint density at radius 2 is 1.47 bits per heavy atom. The third-order valence-corrected chi connectivity index (χ3v) is 5.54. The Morgan fingerprint density at radius 1 is 0.875 bits per heavy atom. The molecule has 5 aromatic rings. The minimum absolute atomic E-state index is 0.0711.